The standard InChI is InChI=1S/C25H27N3O3/c1-16(23(26)29)8-3-4-9-18-10-7-11-19(14-18)25(31)28-24(30)17(2)21-15-27-22-13-6-5-12-20(21)22/h5-7,10-17,24,27,30H,3,8H2,1-2H3,(H2,26,29)(H,28,31). The number of aliphatic hydroxyl groups excluding tert-OH is 1. The van der Waals surface area contributed by atoms with Crippen LogP contribution < -0.4 is 11.1 Å². The Labute approximate surface area is 181 Å². The molecule has 0 bridgehead atoms. The highest BCUT2D eigenvalue weighted by Crippen LogP contribution is 2.27. The zero-order chi connectivity index (χ0) is 22.4. The molecule has 6 nitrogen and oxygen atoms in total. The van der Waals surface area contributed by atoms with Gasteiger partial charge in [0.05, 0.1) is 0 Å². The molecule has 0 saturated carbocycles. The largest absolute Gasteiger partial charge is 0.373 e. The highest BCUT2D eigenvalue weighted by atomic mass is 16.3. The molecule has 160 valence electrons. The molecule has 0 aliphatic carbocycles. The van der Waals surface area contributed by atoms with E-state index in [1.165, 1.54) is 0 Å². The summed E-state index contributed by atoms with van der Waals surface area (Å²) >= 11 is 0. The van der Waals surface area contributed by atoms with Crippen LogP contribution in [0.15, 0.2) is 54.7 Å². The molecule has 0 aliphatic heterocycles. The number of H-pyrrole nitrogens is 1. The molecule has 0 spiro atoms. The number of hydrogen-bond donors (Lipinski definition) is 4. The van der Waals surface area contributed by atoms with Crippen LogP contribution in [-0.4, -0.2) is 28.1 Å². The van der Waals surface area contributed by atoms with Crippen molar-refractivity contribution >= 4 is 22.7 Å². The maximum atomic E-state index is 12.7. The van der Waals surface area contributed by atoms with E-state index >= 15 is 0 Å². The summed E-state index contributed by atoms with van der Waals surface area (Å²) in [7, 11) is 0. The summed E-state index contributed by atoms with van der Waals surface area (Å²) in [6.45, 7) is 3.65. The number of nitrogens with two attached hydrogens (primary N) is 1. The lowest BCUT2D eigenvalue weighted by atomic mass is 9.98. The molecule has 3 aromatic rings. The van der Waals surface area contributed by atoms with Crippen LogP contribution in [0.2, 0.25) is 0 Å². The van der Waals surface area contributed by atoms with Crippen molar-refractivity contribution < 1.29 is 14.7 Å². The van der Waals surface area contributed by atoms with Crippen molar-refractivity contribution in [2.45, 2.75) is 38.8 Å². The minimum absolute atomic E-state index is 0.216. The number of amides is 2. The number of fused-ring (bicyclic) bond motifs is 1. The van der Waals surface area contributed by atoms with Gasteiger partial charge in [-0.3, -0.25) is 9.59 Å². The molecule has 2 aromatic carbocycles. The first-order valence-corrected chi connectivity index (χ1v) is 10.3. The van der Waals surface area contributed by atoms with Gasteiger partial charge in [-0.1, -0.05) is 50.0 Å². The van der Waals surface area contributed by atoms with Crippen molar-refractivity contribution in [2.75, 3.05) is 0 Å². The molecule has 3 atom stereocenters. The van der Waals surface area contributed by atoms with Crippen LogP contribution in [0, 0.1) is 17.8 Å². The minimum atomic E-state index is -1.04. The van der Waals surface area contributed by atoms with Gasteiger partial charge in [0.15, 0.2) is 0 Å². The molecule has 0 fully saturated rings. The van der Waals surface area contributed by atoms with E-state index in [1.807, 2.05) is 43.5 Å². The Morgan fingerprint density at radius 2 is 1.94 bits per heavy atom. The molecule has 5 N–H and O–H groups in total. The molecule has 1 heterocycles. The van der Waals surface area contributed by atoms with Crippen molar-refractivity contribution in [3.05, 3.63) is 71.4 Å². The molecule has 0 saturated heterocycles. The van der Waals surface area contributed by atoms with Crippen LogP contribution in [0.1, 0.15) is 54.1 Å². The van der Waals surface area contributed by atoms with Crippen molar-refractivity contribution in [1.82, 2.24) is 10.3 Å². The van der Waals surface area contributed by atoms with E-state index in [2.05, 4.69) is 22.1 Å². The van der Waals surface area contributed by atoms with Crippen LogP contribution in [0.5, 0.6) is 0 Å². The highest BCUT2D eigenvalue weighted by molar-refractivity contribution is 5.94. The lowest BCUT2D eigenvalue weighted by Gasteiger charge is -2.20. The van der Waals surface area contributed by atoms with Crippen LogP contribution in [-0.2, 0) is 4.79 Å². The van der Waals surface area contributed by atoms with E-state index in [9.17, 15) is 14.7 Å². The van der Waals surface area contributed by atoms with Gasteiger partial charge in [0.1, 0.15) is 6.23 Å². The first kappa shape index (κ1) is 22.1. The van der Waals surface area contributed by atoms with Gasteiger partial charge < -0.3 is 21.1 Å². The van der Waals surface area contributed by atoms with Gasteiger partial charge >= 0.3 is 0 Å². The minimum Gasteiger partial charge on any atom is -0.373 e. The second-order valence-corrected chi connectivity index (χ2v) is 7.72. The monoisotopic (exact) mass is 417 g/mol. The number of aromatic amines is 1. The fraction of sp³-hybridized carbons (Fsp3) is 0.280. The van der Waals surface area contributed by atoms with Gasteiger partial charge in [-0.25, -0.2) is 0 Å². The molecular weight excluding hydrogens is 390 g/mol. The average molecular weight is 418 g/mol. The van der Waals surface area contributed by atoms with E-state index in [0.717, 1.165) is 16.5 Å². The third kappa shape index (κ3) is 5.53. The Balaban J connectivity index is 1.64. The van der Waals surface area contributed by atoms with Crippen molar-refractivity contribution in [3.8, 4) is 11.8 Å². The smallest absolute Gasteiger partial charge is 0.253 e. The third-order valence-electron chi connectivity index (χ3n) is 5.41. The maximum Gasteiger partial charge on any atom is 0.253 e. The number of para-hydroxylation sites is 1. The lowest BCUT2D eigenvalue weighted by molar-refractivity contribution is -0.121. The zero-order valence-corrected chi connectivity index (χ0v) is 17.7. The number of rotatable bonds is 7. The Kier molecular flexibility index (Phi) is 7.11. The van der Waals surface area contributed by atoms with Crippen LogP contribution >= 0.6 is 0 Å². The summed E-state index contributed by atoms with van der Waals surface area (Å²) < 4.78 is 0. The van der Waals surface area contributed by atoms with Crippen molar-refractivity contribution in [3.63, 3.8) is 0 Å². The predicted octanol–water partition coefficient (Wildman–Crippen LogP) is 3.27. The number of aliphatic hydroxyl groups is 1. The van der Waals surface area contributed by atoms with Gasteiger partial charge in [-0.15, -0.1) is 0 Å². The SMILES string of the molecule is CC(CCC#Cc1cccc(C(=O)NC(O)C(C)c2c[nH]c3ccccc23)c1)C(N)=O. The van der Waals surface area contributed by atoms with Gasteiger partial charge in [0.25, 0.3) is 5.91 Å². The molecule has 3 unspecified atom stereocenters. The van der Waals surface area contributed by atoms with Crippen LogP contribution in [0.3, 0.4) is 0 Å². The number of carbonyl (C=O) groups is 2. The number of primary amides is 1. The lowest BCUT2D eigenvalue weighted by Crippen LogP contribution is -2.38. The average Bonchev–Trinajstić information content (AvgIpc) is 3.20. The molecule has 31 heavy (non-hydrogen) atoms. The molecule has 1 aromatic heterocycles. The predicted molar refractivity (Wildman–Crippen MR) is 121 cm³/mol. The van der Waals surface area contributed by atoms with Gasteiger partial charge in [-0.2, -0.15) is 0 Å². The van der Waals surface area contributed by atoms with Gasteiger partial charge in [0.2, 0.25) is 5.91 Å². The Morgan fingerprint density at radius 1 is 1.16 bits per heavy atom. The number of carbonyl (C=O) groups excluding carboxylic acids is 2. The van der Waals surface area contributed by atoms with E-state index in [1.54, 1.807) is 25.1 Å². The second kappa shape index (κ2) is 9.96. The Morgan fingerprint density at radius 3 is 2.71 bits per heavy atom. The zero-order valence-electron chi connectivity index (χ0n) is 17.7. The van der Waals surface area contributed by atoms with Gasteiger partial charge in [0, 0.05) is 46.5 Å². The normalized spacial score (nSPS) is 13.6. The molecule has 0 aliphatic rings. The van der Waals surface area contributed by atoms with E-state index in [0.29, 0.717) is 24.0 Å². The summed E-state index contributed by atoms with van der Waals surface area (Å²) in [6, 6.07) is 14.8. The second-order valence-electron chi connectivity index (χ2n) is 7.72. The van der Waals surface area contributed by atoms with E-state index < -0.39 is 6.23 Å². The van der Waals surface area contributed by atoms with Crippen LogP contribution in [0.4, 0.5) is 0 Å². The summed E-state index contributed by atoms with van der Waals surface area (Å²) in [5.41, 5.74) is 8.28. The summed E-state index contributed by atoms with van der Waals surface area (Å²) in [4.78, 5) is 26.9. The number of nitrogens with one attached hydrogen (secondary N) is 2. The van der Waals surface area contributed by atoms with Crippen molar-refractivity contribution in [2.24, 2.45) is 11.7 Å². The molecule has 3 rings (SSSR count). The summed E-state index contributed by atoms with van der Waals surface area (Å²) in [6.07, 6.45) is 1.96. The first-order chi connectivity index (χ1) is 14.9. The van der Waals surface area contributed by atoms with E-state index in [-0.39, 0.29) is 23.7 Å². The molecule has 2 amide bonds. The quantitative estimate of drug-likeness (QED) is 0.350. The molecule has 0 radical (unpaired) electrons. The maximum absolute atomic E-state index is 12.7. The number of hydrogen-bond acceptors (Lipinski definition) is 3. The van der Waals surface area contributed by atoms with Gasteiger partial charge in [-0.05, 0) is 36.2 Å². The third-order valence-corrected chi connectivity index (χ3v) is 5.41. The molecule has 6 heteroatoms. The number of aromatic nitrogens is 1. The van der Waals surface area contributed by atoms with Crippen molar-refractivity contribution in [1.29, 1.82) is 0 Å². The Hall–Kier alpha value is -3.56. The fourth-order valence-corrected chi connectivity index (χ4v) is 3.32. The fourth-order valence-electron chi connectivity index (χ4n) is 3.32. The Bertz CT molecular complexity index is 1140. The topological polar surface area (TPSA) is 108 Å². The van der Waals surface area contributed by atoms with Crippen LogP contribution in [0.25, 0.3) is 10.9 Å². The molecular formula is C25H27N3O3. The van der Waals surface area contributed by atoms with E-state index in [4.69, 9.17) is 5.73 Å². The highest BCUT2D eigenvalue weighted by Gasteiger charge is 2.21. The summed E-state index contributed by atoms with van der Waals surface area (Å²) in [5, 5.41) is 14.3. The first-order valence-electron chi connectivity index (χ1n) is 10.3. The number of benzene rings is 2. The summed E-state index contributed by atoms with van der Waals surface area (Å²) in [5.74, 6) is 4.80.